The van der Waals surface area contributed by atoms with Gasteiger partial charge in [0.25, 0.3) is 0 Å². The van der Waals surface area contributed by atoms with Crippen LogP contribution in [0.15, 0.2) is 30.3 Å². The molecule has 1 amide bonds. The highest BCUT2D eigenvalue weighted by Crippen LogP contribution is 2.34. The Morgan fingerprint density at radius 3 is 2.59 bits per heavy atom. The SMILES string of the molecule is O=C(/C=C/c1nc2ccccc2s1)N(C1CCCC1)C1CC1. The first-order valence-corrected chi connectivity index (χ1v) is 8.99. The minimum absolute atomic E-state index is 0.175. The molecule has 0 radical (unpaired) electrons. The second-order valence-electron chi connectivity index (χ2n) is 6.27. The third-order valence-electron chi connectivity index (χ3n) is 4.59. The van der Waals surface area contributed by atoms with Crippen molar-refractivity contribution in [1.29, 1.82) is 0 Å². The second kappa shape index (κ2) is 5.84. The van der Waals surface area contributed by atoms with Crippen LogP contribution in [0.2, 0.25) is 0 Å². The number of amides is 1. The van der Waals surface area contributed by atoms with E-state index in [0.29, 0.717) is 12.1 Å². The summed E-state index contributed by atoms with van der Waals surface area (Å²) in [6, 6.07) is 9.07. The third-order valence-corrected chi connectivity index (χ3v) is 5.59. The number of carbonyl (C=O) groups excluding carboxylic acids is 1. The van der Waals surface area contributed by atoms with E-state index in [9.17, 15) is 4.79 Å². The van der Waals surface area contributed by atoms with Gasteiger partial charge in [-0.25, -0.2) is 4.98 Å². The zero-order valence-electron chi connectivity index (χ0n) is 12.6. The maximum atomic E-state index is 12.6. The third kappa shape index (κ3) is 2.80. The van der Waals surface area contributed by atoms with E-state index in [0.717, 1.165) is 10.5 Å². The molecule has 4 rings (SSSR count). The summed E-state index contributed by atoms with van der Waals surface area (Å²) in [5.74, 6) is 0.175. The fourth-order valence-corrected chi connectivity index (χ4v) is 4.25. The number of aromatic nitrogens is 1. The molecule has 1 heterocycles. The summed E-state index contributed by atoms with van der Waals surface area (Å²) in [7, 11) is 0. The van der Waals surface area contributed by atoms with Gasteiger partial charge in [-0.05, 0) is 43.9 Å². The first-order valence-electron chi connectivity index (χ1n) is 8.17. The average Bonchev–Trinajstić information content (AvgIpc) is 3.05. The highest BCUT2D eigenvalue weighted by molar-refractivity contribution is 7.19. The van der Waals surface area contributed by atoms with E-state index < -0.39 is 0 Å². The Hall–Kier alpha value is -1.68. The van der Waals surface area contributed by atoms with Gasteiger partial charge in [-0.2, -0.15) is 0 Å². The predicted molar refractivity (Wildman–Crippen MR) is 90.8 cm³/mol. The normalized spacial score (nSPS) is 19.3. The van der Waals surface area contributed by atoms with E-state index in [4.69, 9.17) is 0 Å². The number of para-hydroxylation sites is 1. The number of fused-ring (bicyclic) bond motifs is 1. The molecule has 1 aromatic heterocycles. The van der Waals surface area contributed by atoms with Crippen LogP contribution in [0, 0.1) is 0 Å². The minimum Gasteiger partial charge on any atom is -0.333 e. The number of benzene rings is 1. The standard InChI is InChI=1S/C18H20N2OS/c21-18(20(14-9-10-14)13-5-1-2-6-13)12-11-17-19-15-7-3-4-8-16(15)22-17/h3-4,7-8,11-14H,1-2,5-6,9-10H2/b12-11+. The van der Waals surface area contributed by atoms with Crippen LogP contribution >= 0.6 is 11.3 Å². The van der Waals surface area contributed by atoms with Crippen molar-refractivity contribution in [3.63, 3.8) is 0 Å². The molecule has 3 nitrogen and oxygen atoms in total. The lowest BCUT2D eigenvalue weighted by Gasteiger charge is -2.27. The van der Waals surface area contributed by atoms with Crippen molar-refractivity contribution in [1.82, 2.24) is 9.88 Å². The molecular formula is C18H20N2OS. The van der Waals surface area contributed by atoms with E-state index in [-0.39, 0.29) is 5.91 Å². The highest BCUT2D eigenvalue weighted by Gasteiger charge is 2.37. The number of carbonyl (C=O) groups is 1. The molecule has 1 aromatic carbocycles. The van der Waals surface area contributed by atoms with Crippen LogP contribution in [-0.4, -0.2) is 27.9 Å². The largest absolute Gasteiger partial charge is 0.333 e. The van der Waals surface area contributed by atoms with Crippen molar-refractivity contribution in [2.45, 2.75) is 50.6 Å². The number of thiazole rings is 1. The molecule has 2 aliphatic carbocycles. The van der Waals surface area contributed by atoms with Crippen LogP contribution in [-0.2, 0) is 4.79 Å². The molecule has 2 aromatic rings. The summed E-state index contributed by atoms with van der Waals surface area (Å²) in [5.41, 5.74) is 1.01. The molecule has 0 bridgehead atoms. The van der Waals surface area contributed by atoms with Gasteiger partial charge in [0.05, 0.1) is 10.2 Å². The van der Waals surface area contributed by atoms with E-state index >= 15 is 0 Å². The molecule has 0 aliphatic heterocycles. The fraction of sp³-hybridized carbons (Fsp3) is 0.444. The van der Waals surface area contributed by atoms with Crippen molar-refractivity contribution >= 4 is 33.5 Å². The van der Waals surface area contributed by atoms with Crippen molar-refractivity contribution in [3.8, 4) is 0 Å². The van der Waals surface area contributed by atoms with Crippen LogP contribution in [0.3, 0.4) is 0 Å². The van der Waals surface area contributed by atoms with Gasteiger partial charge in [0.2, 0.25) is 5.91 Å². The molecular weight excluding hydrogens is 292 g/mol. The monoisotopic (exact) mass is 312 g/mol. The molecule has 0 N–H and O–H groups in total. The van der Waals surface area contributed by atoms with Crippen LogP contribution < -0.4 is 0 Å². The van der Waals surface area contributed by atoms with E-state index in [1.807, 2.05) is 24.3 Å². The predicted octanol–water partition coefficient (Wildman–Crippen LogP) is 4.24. The maximum absolute atomic E-state index is 12.6. The van der Waals surface area contributed by atoms with Crippen LogP contribution in [0.25, 0.3) is 16.3 Å². The zero-order chi connectivity index (χ0) is 14.9. The Labute approximate surface area is 134 Å². The maximum Gasteiger partial charge on any atom is 0.247 e. The van der Waals surface area contributed by atoms with Gasteiger partial charge < -0.3 is 4.90 Å². The lowest BCUT2D eigenvalue weighted by atomic mass is 10.2. The number of hydrogen-bond donors (Lipinski definition) is 0. The van der Waals surface area contributed by atoms with Gasteiger partial charge in [-0.3, -0.25) is 4.79 Å². The smallest absolute Gasteiger partial charge is 0.247 e. The first-order chi connectivity index (χ1) is 10.8. The lowest BCUT2D eigenvalue weighted by molar-refractivity contribution is -0.128. The molecule has 0 saturated heterocycles. The Morgan fingerprint density at radius 2 is 1.86 bits per heavy atom. The summed E-state index contributed by atoms with van der Waals surface area (Å²) < 4.78 is 1.17. The Balaban J connectivity index is 1.51. The highest BCUT2D eigenvalue weighted by atomic mass is 32.1. The fourth-order valence-electron chi connectivity index (χ4n) is 3.38. The van der Waals surface area contributed by atoms with Gasteiger partial charge in [-0.1, -0.05) is 25.0 Å². The Morgan fingerprint density at radius 1 is 1.14 bits per heavy atom. The Bertz CT molecular complexity index is 678. The van der Waals surface area contributed by atoms with Gasteiger partial charge in [0.15, 0.2) is 0 Å². The molecule has 2 aliphatic rings. The molecule has 4 heteroatoms. The topological polar surface area (TPSA) is 33.2 Å². The van der Waals surface area contributed by atoms with Gasteiger partial charge in [0.1, 0.15) is 5.01 Å². The summed E-state index contributed by atoms with van der Waals surface area (Å²) in [4.78, 5) is 19.3. The summed E-state index contributed by atoms with van der Waals surface area (Å²) in [6.45, 7) is 0. The molecule has 0 atom stereocenters. The van der Waals surface area contributed by atoms with E-state index in [1.165, 1.54) is 43.2 Å². The van der Waals surface area contributed by atoms with Gasteiger partial charge in [0, 0.05) is 18.2 Å². The van der Waals surface area contributed by atoms with Crippen LogP contribution in [0.5, 0.6) is 0 Å². The first kappa shape index (κ1) is 13.9. The van der Waals surface area contributed by atoms with E-state index in [2.05, 4.69) is 16.0 Å². The van der Waals surface area contributed by atoms with E-state index in [1.54, 1.807) is 17.4 Å². The minimum atomic E-state index is 0.175. The number of nitrogens with zero attached hydrogens (tertiary/aromatic N) is 2. The quantitative estimate of drug-likeness (QED) is 0.791. The van der Waals surface area contributed by atoms with Crippen molar-refractivity contribution in [2.75, 3.05) is 0 Å². The van der Waals surface area contributed by atoms with Crippen molar-refractivity contribution < 1.29 is 4.79 Å². The zero-order valence-corrected chi connectivity index (χ0v) is 13.4. The Kier molecular flexibility index (Phi) is 3.70. The molecule has 2 fully saturated rings. The summed E-state index contributed by atoms with van der Waals surface area (Å²) >= 11 is 1.64. The molecule has 22 heavy (non-hydrogen) atoms. The van der Waals surface area contributed by atoms with Crippen molar-refractivity contribution in [3.05, 3.63) is 35.3 Å². The van der Waals surface area contributed by atoms with Crippen LogP contribution in [0.4, 0.5) is 0 Å². The molecule has 0 unspecified atom stereocenters. The number of hydrogen-bond acceptors (Lipinski definition) is 3. The lowest BCUT2D eigenvalue weighted by Crippen LogP contribution is -2.39. The van der Waals surface area contributed by atoms with Crippen LogP contribution in [0.1, 0.15) is 43.5 Å². The second-order valence-corrected chi connectivity index (χ2v) is 7.33. The van der Waals surface area contributed by atoms with Crippen molar-refractivity contribution in [2.24, 2.45) is 0 Å². The average molecular weight is 312 g/mol. The summed E-state index contributed by atoms with van der Waals surface area (Å²) in [5, 5.41) is 0.914. The van der Waals surface area contributed by atoms with Gasteiger partial charge in [-0.15, -0.1) is 11.3 Å². The molecule has 2 saturated carbocycles. The number of rotatable bonds is 4. The molecule has 114 valence electrons. The molecule has 0 spiro atoms. The summed E-state index contributed by atoms with van der Waals surface area (Å²) in [6.07, 6.45) is 10.9. The van der Waals surface area contributed by atoms with Gasteiger partial charge >= 0.3 is 0 Å².